The van der Waals surface area contributed by atoms with Crippen LogP contribution in [-0.4, -0.2) is 45.1 Å². The fraction of sp³-hybridized carbons (Fsp3) is 0.211. The molecular formula is C19H16F3N5O3S2. The minimum Gasteiger partial charge on any atom is -0.335 e. The minimum absolute atomic E-state index is 0.0265. The normalized spacial score (nSPS) is 12.7. The van der Waals surface area contributed by atoms with Crippen LogP contribution in [0.2, 0.25) is 0 Å². The summed E-state index contributed by atoms with van der Waals surface area (Å²) in [5, 5.41) is 0. The Bertz CT molecular complexity index is 1320. The summed E-state index contributed by atoms with van der Waals surface area (Å²) in [7, 11) is -2.45. The molecule has 0 saturated carbocycles. The second-order valence-electron chi connectivity index (χ2n) is 6.35. The SMILES string of the molecule is CCS(=O)(=O)c1cc(-c2ncccn2)cnc1C(=O)/N=c1\ccc(SC(F)(F)F)cn1C. The van der Waals surface area contributed by atoms with E-state index in [1.54, 1.807) is 6.07 Å². The van der Waals surface area contributed by atoms with Crippen molar-refractivity contribution in [2.75, 3.05) is 5.75 Å². The first-order chi connectivity index (χ1) is 15.0. The molecule has 3 aromatic rings. The zero-order chi connectivity index (χ0) is 23.5. The van der Waals surface area contributed by atoms with E-state index < -0.39 is 26.9 Å². The average molecular weight is 483 g/mol. The fourth-order valence-electron chi connectivity index (χ4n) is 2.61. The van der Waals surface area contributed by atoms with Crippen molar-refractivity contribution in [2.24, 2.45) is 12.0 Å². The summed E-state index contributed by atoms with van der Waals surface area (Å²) >= 11 is -0.304. The summed E-state index contributed by atoms with van der Waals surface area (Å²) in [6.45, 7) is 1.42. The van der Waals surface area contributed by atoms with E-state index in [1.165, 1.54) is 49.3 Å². The maximum absolute atomic E-state index is 12.8. The zero-order valence-electron chi connectivity index (χ0n) is 16.7. The van der Waals surface area contributed by atoms with Gasteiger partial charge in [-0.15, -0.1) is 0 Å². The lowest BCUT2D eigenvalue weighted by Gasteiger charge is -2.09. The number of halogens is 3. The molecule has 0 aliphatic heterocycles. The van der Waals surface area contributed by atoms with Gasteiger partial charge in [-0.3, -0.25) is 4.79 Å². The number of carbonyl (C=O) groups is 1. The molecule has 0 saturated heterocycles. The van der Waals surface area contributed by atoms with Gasteiger partial charge in [0.05, 0.1) is 10.6 Å². The third kappa shape index (κ3) is 5.59. The third-order valence-corrected chi connectivity index (χ3v) is 6.57. The van der Waals surface area contributed by atoms with E-state index in [1.807, 2.05) is 0 Å². The van der Waals surface area contributed by atoms with Crippen molar-refractivity contribution in [1.29, 1.82) is 0 Å². The predicted octanol–water partition coefficient (Wildman–Crippen LogP) is 3.02. The van der Waals surface area contributed by atoms with Crippen LogP contribution in [0.3, 0.4) is 0 Å². The van der Waals surface area contributed by atoms with E-state index in [0.717, 1.165) is 12.3 Å². The van der Waals surface area contributed by atoms with Crippen molar-refractivity contribution >= 4 is 27.5 Å². The number of alkyl halides is 3. The van der Waals surface area contributed by atoms with Gasteiger partial charge in [-0.1, -0.05) is 6.92 Å². The zero-order valence-corrected chi connectivity index (χ0v) is 18.4. The van der Waals surface area contributed by atoms with Gasteiger partial charge in [-0.25, -0.2) is 23.4 Å². The molecule has 0 fully saturated rings. The lowest BCUT2D eigenvalue weighted by molar-refractivity contribution is -0.0328. The number of rotatable bonds is 5. The smallest absolute Gasteiger partial charge is 0.335 e. The molecular weight excluding hydrogens is 467 g/mol. The van der Waals surface area contributed by atoms with E-state index in [9.17, 15) is 26.4 Å². The van der Waals surface area contributed by atoms with Crippen LogP contribution in [0.15, 0.2) is 63.8 Å². The molecule has 0 atom stereocenters. The van der Waals surface area contributed by atoms with Crippen LogP contribution in [0.5, 0.6) is 0 Å². The Balaban J connectivity index is 2.06. The van der Waals surface area contributed by atoms with Gasteiger partial charge in [0.1, 0.15) is 11.2 Å². The van der Waals surface area contributed by atoms with E-state index in [0.29, 0.717) is 5.56 Å². The summed E-state index contributed by atoms with van der Waals surface area (Å²) < 4.78 is 64.1. The molecule has 1 amide bonds. The number of sulfone groups is 1. The second kappa shape index (κ2) is 9.20. The van der Waals surface area contributed by atoms with E-state index in [2.05, 4.69) is 19.9 Å². The molecule has 8 nitrogen and oxygen atoms in total. The monoisotopic (exact) mass is 483 g/mol. The Morgan fingerprint density at radius 2 is 1.88 bits per heavy atom. The highest BCUT2D eigenvalue weighted by Gasteiger charge is 2.29. The predicted molar refractivity (Wildman–Crippen MR) is 110 cm³/mol. The first-order valence-corrected chi connectivity index (χ1v) is 11.5. The first-order valence-electron chi connectivity index (χ1n) is 9.02. The number of hydrogen-bond acceptors (Lipinski definition) is 7. The number of hydrogen-bond donors (Lipinski definition) is 0. The second-order valence-corrected chi connectivity index (χ2v) is 9.73. The lowest BCUT2D eigenvalue weighted by Crippen LogP contribution is -2.21. The molecule has 168 valence electrons. The Morgan fingerprint density at radius 3 is 2.47 bits per heavy atom. The van der Waals surface area contributed by atoms with Crippen LogP contribution in [0.4, 0.5) is 13.2 Å². The highest BCUT2D eigenvalue weighted by atomic mass is 32.2. The molecule has 32 heavy (non-hydrogen) atoms. The van der Waals surface area contributed by atoms with Gasteiger partial charge in [0.2, 0.25) is 0 Å². The number of aryl methyl sites for hydroxylation is 1. The average Bonchev–Trinajstić information content (AvgIpc) is 2.74. The van der Waals surface area contributed by atoms with Gasteiger partial charge < -0.3 is 4.57 Å². The molecule has 0 spiro atoms. The van der Waals surface area contributed by atoms with Crippen molar-refractivity contribution in [2.45, 2.75) is 22.2 Å². The quantitative estimate of drug-likeness (QED) is 0.514. The van der Waals surface area contributed by atoms with Gasteiger partial charge in [0.25, 0.3) is 5.91 Å². The Kier molecular flexibility index (Phi) is 6.79. The number of amides is 1. The summed E-state index contributed by atoms with van der Waals surface area (Å²) in [4.78, 5) is 28.3. The number of nitrogens with zero attached hydrogens (tertiary/aromatic N) is 5. The molecule has 0 unspecified atom stereocenters. The maximum atomic E-state index is 12.8. The Morgan fingerprint density at radius 1 is 1.19 bits per heavy atom. The van der Waals surface area contributed by atoms with Crippen LogP contribution >= 0.6 is 11.8 Å². The Hall–Kier alpha value is -3.06. The topological polar surface area (TPSA) is 107 Å². The standard InChI is InChI=1S/C19H16F3N5O3S2/c1-3-32(29,30)14-9-12(17-23-7-4-8-24-17)10-25-16(14)18(28)26-15-6-5-13(11-27(15)2)31-19(20,21)22/h4-11H,3H2,1-2H3/b26-15+. The van der Waals surface area contributed by atoms with Gasteiger partial charge in [-0.2, -0.15) is 18.2 Å². The molecule has 0 bridgehead atoms. The number of pyridine rings is 2. The number of carbonyl (C=O) groups excluding carboxylic acids is 1. The van der Waals surface area contributed by atoms with Gasteiger partial charge in [0.15, 0.2) is 15.7 Å². The molecule has 0 N–H and O–H groups in total. The van der Waals surface area contributed by atoms with Crippen LogP contribution in [-0.2, 0) is 16.9 Å². The van der Waals surface area contributed by atoms with E-state index in [-0.39, 0.29) is 38.6 Å². The molecule has 3 heterocycles. The lowest BCUT2D eigenvalue weighted by atomic mass is 10.2. The summed E-state index contributed by atoms with van der Waals surface area (Å²) in [6.07, 6.45) is 5.38. The van der Waals surface area contributed by atoms with Gasteiger partial charge in [-0.05, 0) is 36.0 Å². The molecule has 0 aromatic carbocycles. The van der Waals surface area contributed by atoms with Crippen LogP contribution < -0.4 is 5.49 Å². The van der Waals surface area contributed by atoms with Crippen LogP contribution in [0.1, 0.15) is 17.4 Å². The largest absolute Gasteiger partial charge is 0.446 e. The van der Waals surface area contributed by atoms with Crippen molar-refractivity contribution in [3.8, 4) is 11.4 Å². The molecule has 0 aliphatic rings. The summed E-state index contributed by atoms with van der Waals surface area (Å²) in [5.74, 6) is -1.01. The highest BCUT2D eigenvalue weighted by molar-refractivity contribution is 8.00. The van der Waals surface area contributed by atoms with Crippen molar-refractivity contribution in [3.05, 3.63) is 60.2 Å². The van der Waals surface area contributed by atoms with Crippen molar-refractivity contribution < 1.29 is 26.4 Å². The number of thioether (sulfide) groups is 1. The van der Waals surface area contributed by atoms with Crippen molar-refractivity contribution in [1.82, 2.24) is 19.5 Å². The molecule has 0 aliphatic carbocycles. The number of aromatic nitrogens is 4. The van der Waals surface area contributed by atoms with Crippen LogP contribution in [0, 0.1) is 0 Å². The van der Waals surface area contributed by atoms with E-state index >= 15 is 0 Å². The van der Waals surface area contributed by atoms with Gasteiger partial charge >= 0.3 is 5.51 Å². The molecule has 3 aromatic heterocycles. The molecule has 0 radical (unpaired) electrons. The molecule has 13 heteroatoms. The third-order valence-electron chi connectivity index (χ3n) is 4.12. The minimum atomic E-state index is -4.46. The summed E-state index contributed by atoms with van der Waals surface area (Å²) in [5.41, 5.74) is -4.54. The van der Waals surface area contributed by atoms with Crippen LogP contribution in [0.25, 0.3) is 11.4 Å². The fourth-order valence-corrected chi connectivity index (χ4v) is 4.28. The van der Waals surface area contributed by atoms with Crippen molar-refractivity contribution in [3.63, 3.8) is 0 Å². The first kappa shape index (κ1) is 23.6. The van der Waals surface area contributed by atoms with E-state index in [4.69, 9.17) is 0 Å². The van der Waals surface area contributed by atoms with Gasteiger partial charge in [0, 0.05) is 42.3 Å². The maximum Gasteiger partial charge on any atom is 0.446 e. The highest BCUT2D eigenvalue weighted by Crippen LogP contribution is 2.36. The Labute approximate surface area is 185 Å². The summed E-state index contributed by atoms with van der Waals surface area (Å²) in [6, 6.07) is 5.24. The molecule has 3 rings (SSSR count).